The number of piperidine rings is 2. The predicted molar refractivity (Wildman–Crippen MR) is 114 cm³/mol. The van der Waals surface area contributed by atoms with Crippen molar-refractivity contribution in [2.24, 2.45) is 23.3 Å². The first-order valence-corrected chi connectivity index (χ1v) is 11.9. The van der Waals surface area contributed by atoms with Crippen molar-refractivity contribution >= 4 is 0 Å². The Kier molecular flexibility index (Phi) is 7.48. The van der Waals surface area contributed by atoms with E-state index in [2.05, 4.69) is 10.6 Å². The van der Waals surface area contributed by atoms with Gasteiger partial charge in [-0.25, -0.2) is 0 Å². The lowest BCUT2D eigenvalue weighted by molar-refractivity contribution is -0.0200. The van der Waals surface area contributed by atoms with Crippen LogP contribution >= 0.6 is 0 Å². The zero-order chi connectivity index (χ0) is 20.2. The third-order valence-electron chi connectivity index (χ3n) is 7.91. The SMILES string of the molecule is NC(CCOCCC(N)C1COC2(CCNCC2)C1)C1COC2(CCNCC2)C1. The Labute approximate surface area is 175 Å². The van der Waals surface area contributed by atoms with Crippen molar-refractivity contribution in [3.05, 3.63) is 0 Å². The second kappa shape index (κ2) is 9.90. The fraction of sp³-hybridized carbons (Fsp3) is 1.00. The maximum Gasteiger partial charge on any atom is 0.0711 e. The van der Waals surface area contributed by atoms with Crippen LogP contribution in [-0.4, -0.2) is 75.9 Å². The third-order valence-corrected chi connectivity index (χ3v) is 7.91. The van der Waals surface area contributed by atoms with E-state index < -0.39 is 0 Å². The monoisotopic (exact) mass is 410 g/mol. The van der Waals surface area contributed by atoms with Crippen LogP contribution in [-0.2, 0) is 14.2 Å². The number of nitrogens with one attached hydrogen (secondary N) is 2. The number of hydrogen-bond acceptors (Lipinski definition) is 7. The van der Waals surface area contributed by atoms with Gasteiger partial charge in [0.1, 0.15) is 0 Å². The summed E-state index contributed by atoms with van der Waals surface area (Å²) in [5, 5.41) is 6.84. The minimum Gasteiger partial charge on any atom is -0.381 e. The van der Waals surface area contributed by atoms with Gasteiger partial charge in [-0.1, -0.05) is 0 Å². The van der Waals surface area contributed by atoms with Crippen molar-refractivity contribution in [3.8, 4) is 0 Å². The molecule has 4 aliphatic rings. The van der Waals surface area contributed by atoms with Crippen molar-refractivity contribution in [2.45, 2.75) is 74.7 Å². The molecule has 4 fully saturated rings. The first-order valence-electron chi connectivity index (χ1n) is 11.9. The molecule has 4 saturated heterocycles. The van der Waals surface area contributed by atoms with E-state index in [-0.39, 0.29) is 23.3 Å². The standard InChI is InChI=1S/C22H42N4O3/c23-19(17-13-21(28-15-17)3-7-25-8-4-21)1-11-27-12-2-20(24)18-14-22(29-16-18)5-9-26-10-6-22/h17-20,25-26H,1-16,23-24H2. The Morgan fingerprint density at radius 2 is 1.17 bits per heavy atom. The van der Waals surface area contributed by atoms with Crippen LogP contribution in [0.2, 0.25) is 0 Å². The van der Waals surface area contributed by atoms with Gasteiger partial charge in [0.15, 0.2) is 0 Å². The summed E-state index contributed by atoms with van der Waals surface area (Å²) in [6, 6.07) is 0.335. The van der Waals surface area contributed by atoms with Crippen LogP contribution in [0.5, 0.6) is 0 Å². The Bertz CT molecular complexity index is 464. The zero-order valence-electron chi connectivity index (χ0n) is 18.0. The van der Waals surface area contributed by atoms with Gasteiger partial charge in [-0.2, -0.15) is 0 Å². The zero-order valence-corrected chi connectivity index (χ0v) is 18.0. The van der Waals surface area contributed by atoms with Crippen molar-refractivity contribution < 1.29 is 14.2 Å². The molecule has 4 aliphatic heterocycles. The van der Waals surface area contributed by atoms with E-state index in [9.17, 15) is 0 Å². The van der Waals surface area contributed by atoms with Crippen LogP contribution < -0.4 is 22.1 Å². The number of ether oxygens (including phenoxy) is 3. The van der Waals surface area contributed by atoms with E-state index in [0.29, 0.717) is 11.8 Å². The first kappa shape index (κ1) is 21.9. The Hall–Kier alpha value is -0.280. The third kappa shape index (κ3) is 5.50. The summed E-state index contributed by atoms with van der Waals surface area (Å²) in [5.74, 6) is 0.937. The fourth-order valence-electron chi connectivity index (χ4n) is 5.78. The molecule has 29 heavy (non-hydrogen) atoms. The lowest BCUT2D eigenvalue weighted by atomic mass is 9.83. The quantitative estimate of drug-likeness (QED) is 0.438. The second-order valence-electron chi connectivity index (χ2n) is 9.93. The van der Waals surface area contributed by atoms with Crippen LogP contribution in [0, 0.1) is 11.8 Å². The van der Waals surface area contributed by atoms with Gasteiger partial charge in [0.2, 0.25) is 0 Å². The Morgan fingerprint density at radius 3 is 1.59 bits per heavy atom. The number of nitrogens with two attached hydrogens (primary N) is 2. The largest absolute Gasteiger partial charge is 0.381 e. The molecule has 168 valence electrons. The molecule has 0 aliphatic carbocycles. The summed E-state index contributed by atoms with van der Waals surface area (Å²) in [4.78, 5) is 0. The van der Waals surface area contributed by atoms with Crippen LogP contribution in [0.25, 0.3) is 0 Å². The van der Waals surface area contributed by atoms with Crippen LogP contribution in [0.1, 0.15) is 51.4 Å². The molecule has 6 N–H and O–H groups in total. The Balaban J connectivity index is 1.08. The van der Waals surface area contributed by atoms with Gasteiger partial charge in [0.05, 0.1) is 24.4 Å². The maximum atomic E-state index is 6.47. The molecule has 2 spiro atoms. The van der Waals surface area contributed by atoms with Crippen molar-refractivity contribution in [1.29, 1.82) is 0 Å². The summed E-state index contributed by atoms with van der Waals surface area (Å²) in [6.07, 6.45) is 8.50. The van der Waals surface area contributed by atoms with Gasteiger partial charge in [-0.05, 0) is 77.5 Å². The van der Waals surface area contributed by atoms with Gasteiger partial charge < -0.3 is 36.3 Å². The van der Waals surface area contributed by atoms with E-state index in [1.54, 1.807) is 0 Å². The maximum absolute atomic E-state index is 6.47. The molecule has 0 aromatic carbocycles. The molecule has 7 nitrogen and oxygen atoms in total. The molecular formula is C22H42N4O3. The average Bonchev–Trinajstić information content (AvgIpc) is 3.34. The minimum absolute atomic E-state index is 0.0935. The summed E-state index contributed by atoms with van der Waals surface area (Å²) < 4.78 is 18.3. The molecule has 0 saturated carbocycles. The molecule has 4 rings (SSSR count). The van der Waals surface area contributed by atoms with Crippen LogP contribution in [0.15, 0.2) is 0 Å². The molecule has 0 aromatic rings. The summed E-state index contributed by atoms with van der Waals surface area (Å²) in [7, 11) is 0. The highest BCUT2D eigenvalue weighted by atomic mass is 16.5. The minimum atomic E-state index is 0.0935. The summed E-state index contributed by atoms with van der Waals surface area (Å²) in [5.41, 5.74) is 13.1. The topological polar surface area (TPSA) is 104 Å². The first-order chi connectivity index (χ1) is 14.1. The molecule has 4 heterocycles. The van der Waals surface area contributed by atoms with E-state index in [0.717, 1.165) is 104 Å². The lowest BCUT2D eigenvalue weighted by Crippen LogP contribution is -2.42. The van der Waals surface area contributed by atoms with Crippen molar-refractivity contribution in [1.82, 2.24) is 10.6 Å². The van der Waals surface area contributed by atoms with Gasteiger partial charge >= 0.3 is 0 Å². The van der Waals surface area contributed by atoms with Gasteiger partial charge in [-0.15, -0.1) is 0 Å². The van der Waals surface area contributed by atoms with Gasteiger partial charge in [-0.3, -0.25) is 0 Å². The second-order valence-corrected chi connectivity index (χ2v) is 9.93. The number of hydrogen-bond donors (Lipinski definition) is 4. The van der Waals surface area contributed by atoms with Crippen LogP contribution in [0.3, 0.4) is 0 Å². The molecule has 0 bridgehead atoms. The molecule has 7 heteroatoms. The van der Waals surface area contributed by atoms with Crippen molar-refractivity contribution in [2.75, 3.05) is 52.6 Å². The highest BCUT2D eigenvalue weighted by Gasteiger charge is 2.43. The van der Waals surface area contributed by atoms with Crippen LogP contribution in [0.4, 0.5) is 0 Å². The van der Waals surface area contributed by atoms with Crippen molar-refractivity contribution in [3.63, 3.8) is 0 Å². The molecular weight excluding hydrogens is 368 g/mol. The highest BCUT2D eigenvalue weighted by molar-refractivity contribution is 4.96. The normalized spacial score (nSPS) is 33.3. The number of rotatable bonds is 8. The predicted octanol–water partition coefficient (Wildman–Crippen LogP) is 0.755. The molecule has 0 amide bonds. The van der Waals surface area contributed by atoms with E-state index in [1.165, 1.54) is 0 Å². The summed E-state index contributed by atoms with van der Waals surface area (Å²) >= 11 is 0. The summed E-state index contributed by atoms with van der Waals surface area (Å²) in [6.45, 7) is 7.32. The average molecular weight is 411 g/mol. The van der Waals surface area contributed by atoms with E-state index >= 15 is 0 Å². The highest BCUT2D eigenvalue weighted by Crippen LogP contribution is 2.39. The molecule has 0 aromatic heterocycles. The molecule has 4 atom stereocenters. The fourth-order valence-corrected chi connectivity index (χ4v) is 5.78. The molecule has 4 unspecified atom stereocenters. The molecule has 0 radical (unpaired) electrons. The smallest absolute Gasteiger partial charge is 0.0711 e. The van der Waals surface area contributed by atoms with Gasteiger partial charge in [0.25, 0.3) is 0 Å². The Morgan fingerprint density at radius 1 is 0.759 bits per heavy atom. The van der Waals surface area contributed by atoms with Gasteiger partial charge in [0, 0.05) is 37.1 Å². The lowest BCUT2D eigenvalue weighted by Gasteiger charge is -2.33. The van der Waals surface area contributed by atoms with E-state index in [1.807, 2.05) is 0 Å². The van der Waals surface area contributed by atoms with E-state index in [4.69, 9.17) is 25.7 Å².